The van der Waals surface area contributed by atoms with E-state index in [0.717, 1.165) is 5.32 Å². The topological polar surface area (TPSA) is 17.1 Å². The van der Waals surface area contributed by atoms with Crippen LogP contribution >= 0.6 is 0 Å². The molecule has 0 heterocycles. The molecule has 0 radical (unpaired) electrons. The van der Waals surface area contributed by atoms with E-state index in [1.165, 1.54) is 5.56 Å². The van der Waals surface area contributed by atoms with Crippen molar-refractivity contribution in [2.75, 3.05) is 0 Å². The van der Waals surface area contributed by atoms with Gasteiger partial charge in [0.1, 0.15) is 0 Å². The van der Waals surface area contributed by atoms with Crippen molar-refractivity contribution in [3.63, 3.8) is 0 Å². The number of benzene rings is 1. The van der Waals surface area contributed by atoms with E-state index in [1.54, 1.807) is 0 Å². The second-order valence-corrected chi connectivity index (χ2v) is 6.30. The molecule has 0 N–H and O–H groups in total. The van der Waals surface area contributed by atoms with Crippen LogP contribution < -0.4 is 0 Å². The molecule has 1 rings (SSSR count). The van der Waals surface area contributed by atoms with Gasteiger partial charge in [0.25, 0.3) is 0 Å². The summed E-state index contributed by atoms with van der Waals surface area (Å²) in [5, 5.41) is 0.921. The molecule has 0 aliphatic rings. The van der Waals surface area contributed by atoms with Crippen molar-refractivity contribution in [2.45, 2.75) is 26.1 Å². The molecule has 0 saturated carbocycles. The van der Waals surface area contributed by atoms with E-state index in [0.29, 0.717) is 4.68 Å². The molecule has 0 aliphatic heterocycles. The van der Waals surface area contributed by atoms with Crippen LogP contribution in [0.3, 0.4) is 0 Å². The van der Waals surface area contributed by atoms with E-state index in [-0.39, 0.29) is 20.4 Å². The van der Waals surface area contributed by atoms with E-state index in [9.17, 15) is 4.79 Å². The molecular weight excluding hydrogens is 239 g/mol. The third-order valence-corrected chi connectivity index (χ3v) is 4.66. The van der Waals surface area contributed by atoms with Crippen LogP contribution in [0.2, 0.25) is 0 Å². The van der Waals surface area contributed by atoms with Crippen molar-refractivity contribution in [1.29, 1.82) is 0 Å². The number of carbonyl (C=O) groups excluding carboxylic acids is 1. The van der Waals surface area contributed by atoms with Gasteiger partial charge in [0, 0.05) is 0 Å². The van der Waals surface area contributed by atoms with Crippen LogP contribution in [0.5, 0.6) is 0 Å². The van der Waals surface area contributed by atoms with Crippen LogP contribution in [0.25, 0.3) is 0 Å². The number of carbonyl (C=O) groups is 1. The summed E-state index contributed by atoms with van der Waals surface area (Å²) in [6, 6.07) is 10.2. The average molecular weight is 255 g/mol. The Hall–Kier alpha value is -0.591. The quantitative estimate of drug-likeness (QED) is 0.758. The summed E-state index contributed by atoms with van der Waals surface area (Å²) in [6.45, 7) is 5.96. The van der Waals surface area contributed by atoms with E-state index in [1.807, 2.05) is 39.0 Å². The predicted octanol–water partition coefficient (Wildman–Crippen LogP) is 2.46. The van der Waals surface area contributed by atoms with Crippen LogP contribution in [0.15, 0.2) is 30.3 Å². The minimum absolute atomic E-state index is 0.0829. The molecule has 0 amide bonds. The van der Waals surface area contributed by atoms with Crippen LogP contribution in [0.4, 0.5) is 0 Å². The molecule has 0 aliphatic carbocycles. The average Bonchev–Trinajstić information content (AvgIpc) is 2.14. The van der Waals surface area contributed by atoms with Gasteiger partial charge in [-0.2, -0.15) is 0 Å². The predicted molar refractivity (Wildman–Crippen MR) is 60.4 cm³/mol. The van der Waals surface area contributed by atoms with Crippen molar-refractivity contribution in [3.05, 3.63) is 35.9 Å². The molecular formula is C12H16OSe. The summed E-state index contributed by atoms with van der Waals surface area (Å²) in [5.41, 5.74) is 1.10. The van der Waals surface area contributed by atoms with Crippen molar-refractivity contribution >= 4 is 19.6 Å². The zero-order valence-electron chi connectivity index (χ0n) is 8.91. The van der Waals surface area contributed by atoms with Gasteiger partial charge in [0.05, 0.1) is 0 Å². The maximum absolute atomic E-state index is 11.7. The van der Waals surface area contributed by atoms with Crippen molar-refractivity contribution in [3.8, 4) is 0 Å². The Bertz CT molecular complexity index is 298. The maximum atomic E-state index is 11.7. The second-order valence-electron chi connectivity index (χ2n) is 4.31. The molecule has 0 aromatic heterocycles. The third-order valence-electron chi connectivity index (χ3n) is 1.83. The van der Waals surface area contributed by atoms with E-state index >= 15 is 0 Å². The van der Waals surface area contributed by atoms with Crippen LogP contribution in [0.1, 0.15) is 26.3 Å². The first kappa shape index (κ1) is 11.5. The summed E-state index contributed by atoms with van der Waals surface area (Å²) in [4.78, 5) is 11.7. The molecule has 14 heavy (non-hydrogen) atoms. The standard InChI is InChI=1S/C12H16OSe/c1-12(2,3)11(13)14-9-10-7-5-4-6-8-10/h4-8H,9H2,1-3H3. The van der Waals surface area contributed by atoms with E-state index in [2.05, 4.69) is 12.1 Å². The van der Waals surface area contributed by atoms with E-state index < -0.39 is 0 Å². The Balaban J connectivity index is 2.46. The van der Waals surface area contributed by atoms with Crippen LogP contribution in [-0.4, -0.2) is 19.6 Å². The van der Waals surface area contributed by atoms with Gasteiger partial charge in [-0.25, -0.2) is 0 Å². The minimum atomic E-state index is -0.172. The SMILES string of the molecule is CC(C)(C)C(=O)[Se]Cc1ccccc1. The first-order chi connectivity index (χ1) is 6.50. The first-order valence-corrected chi connectivity index (χ1v) is 6.78. The molecule has 0 unspecified atom stereocenters. The van der Waals surface area contributed by atoms with Gasteiger partial charge in [-0.15, -0.1) is 0 Å². The van der Waals surface area contributed by atoms with Gasteiger partial charge in [-0.3, -0.25) is 0 Å². The number of hydrogen-bond acceptors (Lipinski definition) is 1. The zero-order valence-corrected chi connectivity index (χ0v) is 10.6. The van der Waals surface area contributed by atoms with E-state index in [4.69, 9.17) is 0 Å². The number of hydrogen-bond donors (Lipinski definition) is 0. The van der Waals surface area contributed by atoms with Gasteiger partial charge in [0.15, 0.2) is 0 Å². The Kier molecular flexibility index (Phi) is 3.91. The molecule has 0 fully saturated rings. The molecule has 1 aromatic rings. The van der Waals surface area contributed by atoms with Crippen LogP contribution in [0, 0.1) is 5.41 Å². The van der Waals surface area contributed by atoms with Crippen molar-refractivity contribution < 1.29 is 4.79 Å². The molecule has 1 aromatic carbocycles. The van der Waals surface area contributed by atoms with Gasteiger partial charge < -0.3 is 0 Å². The summed E-state index contributed by atoms with van der Waals surface area (Å²) < 4.78 is 0.397. The molecule has 0 bridgehead atoms. The first-order valence-electron chi connectivity index (χ1n) is 4.71. The molecule has 0 spiro atoms. The summed E-state index contributed by atoms with van der Waals surface area (Å²) in [7, 11) is 0. The zero-order chi connectivity index (χ0) is 10.6. The Morgan fingerprint density at radius 1 is 1.21 bits per heavy atom. The normalized spacial score (nSPS) is 11.4. The third kappa shape index (κ3) is 3.65. The summed E-state index contributed by atoms with van der Waals surface area (Å²) in [6.07, 6.45) is 0. The Morgan fingerprint density at radius 3 is 2.29 bits per heavy atom. The fourth-order valence-electron chi connectivity index (χ4n) is 0.940. The van der Waals surface area contributed by atoms with Crippen LogP contribution in [-0.2, 0) is 10.1 Å². The summed E-state index contributed by atoms with van der Waals surface area (Å²) in [5.74, 6) is 0. The number of rotatable bonds is 3. The van der Waals surface area contributed by atoms with Gasteiger partial charge in [0.2, 0.25) is 0 Å². The second kappa shape index (κ2) is 4.77. The molecule has 0 saturated heterocycles. The Morgan fingerprint density at radius 2 is 1.79 bits per heavy atom. The van der Waals surface area contributed by atoms with Gasteiger partial charge in [-0.05, 0) is 0 Å². The molecule has 1 nitrogen and oxygen atoms in total. The molecule has 2 heteroatoms. The Labute approximate surface area is 92.1 Å². The van der Waals surface area contributed by atoms with Gasteiger partial charge in [-0.1, -0.05) is 0 Å². The fraction of sp³-hybridized carbons (Fsp3) is 0.417. The fourth-order valence-corrected chi connectivity index (χ4v) is 2.88. The monoisotopic (exact) mass is 256 g/mol. The summed E-state index contributed by atoms with van der Waals surface area (Å²) >= 11 is 0.0829. The molecule has 76 valence electrons. The molecule has 0 atom stereocenters. The van der Waals surface area contributed by atoms with Gasteiger partial charge >= 0.3 is 91.8 Å². The van der Waals surface area contributed by atoms with Crippen molar-refractivity contribution in [1.82, 2.24) is 0 Å². The van der Waals surface area contributed by atoms with Crippen molar-refractivity contribution in [2.24, 2.45) is 5.41 Å².